The molecular formula is C15H12BrNO4. The first kappa shape index (κ1) is 12.9. The van der Waals surface area contributed by atoms with Crippen molar-refractivity contribution in [3.8, 4) is 5.75 Å². The molecular weight excluding hydrogens is 338 g/mol. The fraction of sp³-hybridized carbons (Fsp3) is 0.333. The van der Waals surface area contributed by atoms with E-state index < -0.39 is 5.92 Å². The van der Waals surface area contributed by atoms with Gasteiger partial charge in [0.2, 0.25) is 11.8 Å². The highest BCUT2D eigenvalue weighted by Gasteiger charge is 2.47. The molecule has 0 saturated carbocycles. The fourth-order valence-corrected chi connectivity index (χ4v) is 3.91. The van der Waals surface area contributed by atoms with Gasteiger partial charge in [-0.2, -0.15) is 0 Å². The molecule has 108 valence electrons. The monoisotopic (exact) mass is 349 g/mol. The molecule has 2 heterocycles. The number of hydrogen-bond donors (Lipinski definition) is 1. The van der Waals surface area contributed by atoms with Gasteiger partial charge in [-0.3, -0.25) is 14.9 Å². The van der Waals surface area contributed by atoms with E-state index in [1.54, 1.807) is 7.11 Å². The molecule has 1 N–H and O–H groups in total. The summed E-state index contributed by atoms with van der Waals surface area (Å²) >= 11 is 3.47. The summed E-state index contributed by atoms with van der Waals surface area (Å²) in [4.78, 5) is 24.0. The van der Waals surface area contributed by atoms with E-state index in [1.807, 2.05) is 12.1 Å². The second kappa shape index (κ2) is 4.34. The Morgan fingerprint density at radius 2 is 2.14 bits per heavy atom. The van der Waals surface area contributed by atoms with E-state index >= 15 is 0 Å². The maximum atomic E-state index is 12.1. The van der Waals surface area contributed by atoms with Gasteiger partial charge in [0.1, 0.15) is 17.1 Å². The highest BCUT2D eigenvalue weighted by Crippen LogP contribution is 2.46. The number of amides is 2. The molecule has 4 rings (SSSR count). The number of carbonyl (C=O) groups is 2. The molecule has 21 heavy (non-hydrogen) atoms. The third-order valence-electron chi connectivity index (χ3n) is 4.33. The van der Waals surface area contributed by atoms with Crippen molar-refractivity contribution in [2.45, 2.75) is 18.8 Å². The number of halogens is 1. The number of rotatable bonds is 1. The summed E-state index contributed by atoms with van der Waals surface area (Å²) in [7, 11) is 1.59. The van der Waals surface area contributed by atoms with Crippen LogP contribution >= 0.6 is 15.9 Å². The number of nitrogens with one attached hydrogen (secondary N) is 1. The van der Waals surface area contributed by atoms with E-state index in [4.69, 9.17) is 9.15 Å². The lowest BCUT2D eigenvalue weighted by atomic mass is 9.78. The molecule has 1 saturated heterocycles. The Kier molecular flexibility index (Phi) is 2.66. The Balaban J connectivity index is 2.01. The molecule has 0 spiro atoms. The zero-order chi connectivity index (χ0) is 14.7. The van der Waals surface area contributed by atoms with Crippen molar-refractivity contribution in [2.24, 2.45) is 5.92 Å². The van der Waals surface area contributed by atoms with Crippen molar-refractivity contribution in [1.82, 2.24) is 5.32 Å². The van der Waals surface area contributed by atoms with Crippen LogP contribution in [0.5, 0.6) is 5.75 Å². The number of imide groups is 1. The van der Waals surface area contributed by atoms with Crippen LogP contribution in [0.15, 0.2) is 21.0 Å². The molecule has 6 heteroatoms. The number of methoxy groups -OCH3 is 1. The lowest BCUT2D eigenvalue weighted by Gasteiger charge is -2.20. The molecule has 0 radical (unpaired) electrons. The highest BCUT2D eigenvalue weighted by molar-refractivity contribution is 9.10. The number of carbonyl (C=O) groups excluding carboxylic acids is 2. The maximum absolute atomic E-state index is 12.1. The first-order valence-electron chi connectivity index (χ1n) is 6.73. The molecule has 1 aliphatic carbocycles. The number of fused-ring (bicyclic) bond motifs is 5. The normalized spacial score (nSPS) is 23.9. The van der Waals surface area contributed by atoms with Gasteiger partial charge in [-0.15, -0.1) is 0 Å². The van der Waals surface area contributed by atoms with Gasteiger partial charge in [0.05, 0.1) is 23.4 Å². The van der Waals surface area contributed by atoms with Crippen LogP contribution < -0.4 is 10.1 Å². The molecule has 2 unspecified atom stereocenters. The predicted molar refractivity (Wildman–Crippen MR) is 78.2 cm³/mol. The third kappa shape index (κ3) is 1.68. The summed E-state index contributed by atoms with van der Waals surface area (Å²) in [6, 6.07) is 3.69. The van der Waals surface area contributed by atoms with E-state index in [0.29, 0.717) is 24.2 Å². The van der Waals surface area contributed by atoms with Crippen LogP contribution in [-0.2, 0) is 16.0 Å². The van der Waals surface area contributed by atoms with Gasteiger partial charge in [-0.1, -0.05) is 0 Å². The van der Waals surface area contributed by atoms with Crippen LogP contribution in [0, 0.1) is 5.92 Å². The summed E-state index contributed by atoms with van der Waals surface area (Å²) in [5, 5.41) is 3.28. The van der Waals surface area contributed by atoms with E-state index in [2.05, 4.69) is 21.2 Å². The molecule has 0 bridgehead atoms. The summed E-state index contributed by atoms with van der Waals surface area (Å²) < 4.78 is 12.0. The molecule has 2 aliphatic rings. The van der Waals surface area contributed by atoms with Crippen molar-refractivity contribution in [2.75, 3.05) is 7.11 Å². The van der Waals surface area contributed by atoms with E-state index in [1.165, 1.54) is 0 Å². The van der Waals surface area contributed by atoms with Crippen LogP contribution in [0.4, 0.5) is 0 Å². The quantitative estimate of drug-likeness (QED) is 0.803. The number of furan rings is 1. The minimum Gasteiger partial charge on any atom is -0.497 e. The number of benzene rings is 1. The molecule has 1 aromatic carbocycles. The van der Waals surface area contributed by atoms with E-state index in [0.717, 1.165) is 21.2 Å². The van der Waals surface area contributed by atoms with Crippen molar-refractivity contribution >= 4 is 38.7 Å². The van der Waals surface area contributed by atoms with Crippen molar-refractivity contribution < 1.29 is 18.7 Å². The van der Waals surface area contributed by atoms with E-state index in [-0.39, 0.29) is 17.7 Å². The Hall–Kier alpha value is -1.82. The Labute approximate surface area is 128 Å². The summed E-state index contributed by atoms with van der Waals surface area (Å²) in [5.74, 6) is 0.353. The van der Waals surface area contributed by atoms with Crippen LogP contribution in [0.3, 0.4) is 0 Å². The number of aryl methyl sites for hydroxylation is 1. The Morgan fingerprint density at radius 1 is 1.33 bits per heavy atom. The minimum absolute atomic E-state index is 0.174. The minimum atomic E-state index is -0.443. The third-order valence-corrected chi connectivity index (χ3v) is 4.92. The highest BCUT2D eigenvalue weighted by atomic mass is 79.9. The first-order valence-corrected chi connectivity index (χ1v) is 7.53. The average molecular weight is 350 g/mol. The van der Waals surface area contributed by atoms with Gasteiger partial charge in [-0.05, 0) is 34.5 Å². The number of hydrogen-bond acceptors (Lipinski definition) is 4. The SMILES string of the molecule is COc1cc(Br)c2oc3c(c2c1)C1C(=O)NC(=O)C1CC3. The van der Waals surface area contributed by atoms with Crippen molar-refractivity contribution in [3.63, 3.8) is 0 Å². The zero-order valence-electron chi connectivity index (χ0n) is 11.2. The van der Waals surface area contributed by atoms with Crippen LogP contribution in [-0.4, -0.2) is 18.9 Å². The smallest absolute Gasteiger partial charge is 0.235 e. The summed E-state index contributed by atoms with van der Waals surface area (Å²) in [6.45, 7) is 0. The maximum Gasteiger partial charge on any atom is 0.235 e. The van der Waals surface area contributed by atoms with Gasteiger partial charge < -0.3 is 9.15 Å². The van der Waals surface area contributed by atoms with Gasteiger partial charge in [0.25, 0.3) is 0 Å². The molecule has 2 amide bonds. The largest absolute Gasteiger partial charge is 0.497 e. The second-order valence-corrected chi connectivity index (χ2v) is 6.26. The molecule has 2 aromatic rings. The van der Waals surface area contributed by atoms with Crippen molar-refractivity contribution in [3.05, 3.63) is 27.9 Å². The zero-order valence-corrected chi connectivity index (χ0v) is 12.8. The van der Waals surface area contributed by atoms with Gasteiger partial charge >= 0.3 is 0 Å². The predicted octanol–water partition coefficient (Wildman–Crippen LogP) is 2.51. The van der Waals surface area contributed by atoms with Gasteiger partial charge in [-0.25, -0.2) is 0 Å². The Morgan fingerprint density at radius 3 is 2.90 bits per heavy atom. The Bertz CT molecular complexity index is 795. The first-order chi connectivity index (χ1) is 10.1. The van der Waals surface area contributed by atoms with E-state index in [9.17, 15) is 9.59 Å². The topological polar surface area (TPSA) is 68.5 Å². The molecule has 1 fully saturated rings. The van der Waals surface area contributed by atoms with Gasteiger partial charge in [0.15, 0.2) is 0 Å². The van der Waals surface area contributed by atoms with Crippen molar-refractivity contribution in [1.29, 1.82) is 0 Å². The van der Waals surface area contributed by atoms with Crippen LogP contribution in [0.2, 0.25) is 0 Å². The van der Waals surface area contributed by atoms with Crippen LogP contribution in [0.1, 0.15) is 23.7 Å². The average Bonchev–Trinajstić information content (AvgIpc) is 2.97. The van der Waals surface area contributed by atoms with Crippen LogP contribution in [0.25, 0.3) is 11.0 Å². The molecule has 1 aromatic heterocycles. The fourth-order valence-electron chi connectivity index (χ4n) is 3.39. The molecule has 2 atom stereocenters. The number of ether oxygens (including phenoxy) is 1. The summed E-state index contributed by atoms with van der Waals surface area (Å²) in [5.41, 5.74) is 1.54. The lowest BCUT2D eigenvalue weighted by molar-refractivity contribution is -0.125. The van der Waals surface area contributed by atoms with Gasteiger partial charge in [0, 0.05) is 17.4 Å². The summed E-state index contributed by atoms with van der Waals surface area (Å²) in [6.07, 6.45) is 1.31. The molecule has 1 aliphatic heterocycles. The second-order valence-electron chi connectivity index (χ2n) is 5.40. The standard InChI is InChI=1S/C15H12BrNO4/c1-20-6-4-8-11-10(21-13(8)9(16)5-6)3-2-7-12(11)15(19)17-14(7)18/h4-5,7,12H,2-3H2,1H3,(H,17,18,19). The lowest BCUT2D eigenvalue weighted by Crippen LogP contribution is -2.22. The molecule has 5 nitrogen and oxygen atoms in total.